The van der Waals surface area contributed by atoms with Crippen molar-refractivity contribution in [2.75, 3.05) is 26.7 Å². The molecule has 0 spiro atoms. The molecule has 1 heterocycles. The van der Waals surface area contributed by atoms with Gasteiger partial charge in [-0.05, 0) is 74.1 Å². The van der Waals surface area contributed by atoms with E-state index in [4.69, 9.17) is 4.74 Å². The zero-order valence-electron chi connectivity index (χ0n) is 23.4. The minimum Gasteiger partial charge on any atom is -0.427 e. The molecule has 5 rings (SSSR count). The molecular weight excluding hydrogens is 533 g/mol. The minimum absolute atomic E-state index is 0.262. The van der Waals surface area contributed by atoms with Crippen molar-refractivity contribution < 1.29 is 37.1 Å². The van der Waals surface area contributed by atoms with Crippen LogP contribution in [0.1, 0.15) is 62.1 Å². The highest BCUT2D eigenvalue weighted by molar-refractivity contribution is 5.94. The van der Waals surface area contributed by atoms with Crippen LogP contribution in [-0.2, 0) is 21.2 Å². The molecule has 0 radical (unpaired) electrons. The van der Waals surface area contributed by atoms with E-state index in [9.17, 15) is 27.9 Å². The number of ether oxygens (including phenoxy) is 1. The molecule has 9 heteroatoms. The van der Waals surface area contributed by atoms with Crippen LogP contribution in [0.25, 0.3) is 0 Å². The van der Waals surface area contributed by atoms with Gasteiger partial charge in [-0.2, -0.15) is 13.2 Å². The maximum Gasteiger partial charge on any atom is 0.416 e. The normalized spacial score (nSPS) is 29.5. The van der Waals surface area contributed by atoms with Crippen molar-refractivity contribution in [2.45, 2.75) is 68.7 Å². The summed E-state index contributed by atoms with van der Waals surface area (Å²) in [6.07, 6.45) is 0.295. The van der Waals surface area contributed by atoms with Crippen molar-refractivity contribution in [1.29, 1.82) is 0 Å². The van der Waals surface area contributed by atoms with E-state index in [1.165, 1.54) is 31.9 Å². The van der Waals surface area contributed by atoms with Crippen molar-refractivity contribution in [3.05, 3.63) is 65.2 Å². The summed E-state index contributed by atoms with van der Waals surface area (Å²) < 4.78 is 44.7. The number of piperidine rings is 1. The van der Waals surface area contributed by atoms with Crippen LogP contribution in [0.5, 0.6) is 5.75 Å². The molecule has 218 valence electrons. The number of aliphatic hydroxyl groups is 1. The fourth-order valence-electron chi connectivity index (χ4n) is 6.95. The molecule has 2 aromatic rings. The Hall–Kier alpha value is -3.35. The Morgan fingerprint density at radius 3 is 2.51 bits per heavy atom. The first-order chi connectivity index (χ1) is 19.3. The molecule has 6 nitrogen and oxygen atoms in total. The van der Waals surface area contributed by atoms with Crippen molar-refractivity contribution in [1.82, 2.24) is 5.32 Å². The van der Waals surface area contributed by atoms with Crippen LogP contribution in [0.4, 0.5) is 13.2 Å². The van der Waals surface area contributed by atoms with E-state index in [0.717, 1.165) is 35.3 Å². The van der Waals surface area contributed by atoms with Gasteiger partial charge in [-0.1, -0.05) is 18.1 Å². The van der Waals surface area contributed by atoms with Crippen LogP contribution in [0, 0.1) is 17.8 Å². The summed E-state index contributed by atoms with van der Waals surface area (Å²) in [5, 5.41) is 15.4. The Morgan fingerprint density at radius 1 is 1.12 bits per heavy atom. The van der Waals surface area contributed by atoms with E-state index in [2.05, 4.69) is 24.2 Å². The summed E-state index contributed by atoms with van der Waals surface area (Å²) in [6, 6.07) is 11.4. The molecule has 41 heavy (non-hydrogen) atoms. The predicted octanol–water partition coefficient (Wildman–Crippen LogP) is 4.58. The maximum absolute atomic E-state index is 12.8. The molecule has 3 aliphatic rings. The lowest BCUT2D eigenvalue weighted by molar-refractivity contribution is -0.925. The third kappa shape index (κ3) is 6.44. The number of quaternary nitrogens is 1. The number of benzene rings is 2. The molecule has 0 aromatic heterocycles. The molecule has 1 unspecified atom stereocenters. The Labute approximate surface area is 238 Å². The quantitative estimate of drug-likeness (QED) is 0.239. The number of likely N-dealkylation sites (N-methyl/N-ethyl adjacent to an activating group) is 1. The predicted molar refractivity (Wildman–Crippen MR) is 147 cm³/mol. The lowest BCUT2D eigenvalue weighted by Crippen LogP contribution is -2.71. The first-order valence-electron chi connectivity index (χ1n) is 14.1. The van der Waals surface area contributed by atoms with Crippen LogP contribution < -0.4 is 10.1 Å². The van der Waals surface area contributed by atoms with Gasteiger partial charge in [0.1, 0.15) is 17.9 Å². The third-order valence-corrected chi connectivity index (χ3v) is 9.03. The topological polar surface area (TPSA) is 75.6 Å². The van der Waals surface area contributed by atoms with Crippen LogP contribution in [-0.4, -0.2) is 59.8 Å². The number of hydrogen-bond donors (Lipinski definition) is 2. The zero-order chi connectivity index (χ0) is 29.5. The number of fused-ring (bicyclic) bond motifs is 1. The highest BCUT2D eigenvalue weighted by Gasteiger charge is 2.62. The van der Waals surface area contributed by atoms with E-state index < -0.39 is 34.6 Å². The van der Waals surface area contributed by atoms with Crippen molar-refractivity contribution in [3.8, 4) is 17.6 Å². The fourth-order valence-corrected chi connectivity index (χ4v) is 6.95. The average Bonchev–Trinajstić information content (AvgIpc) is 3.70. The summed E-state index contributed by atoms with van der Waals surface area (Å²) in [7, 11) is 2.22. The van der Waals surface area contributed by atoms with Gasteiger partial charge in [-0.15, -0.1) is 0 Å². The number of nitrogens with zero attached hydrogens (tertiary/aromatic N) is 1. The summed E-state index contributed by atoms with van der Waals surface area (Å²) in [6.45, 7) is 3.88. The second-order valence-electron chi connectivity index (χ2n) is 12.4. The number of esters is 1. The second kappa shape index (κ2) is 10.8. The van der Waals surface area contributed by atoms with Gasteiger partial charge in [0.25, 0.3) is 5.91 Å². The SMILES string of the molecule is CC(=O)Oc1cccc([C@@]23CC[N@+](C)(CC4CC4)CC2(O)CC[C@@H](NC(=O)C#Cc2ccc(C(F)(F)F)cc2)C3)c1. The second-order valence-corrected chi connectivity index (χ2v) is 12.4. The van der Waals surface area contributed by atoms with E-state index in [1.54, 1.807) is 6.07 Å². The van der Waals surface area contributed by atoms with Crippen molar-refractivity contribution in [2.24, 2.45) is 5.92 Å². The fraction of sp³-hybridized carbons (Fsp3) is 0.500. The monoisotopic (exact) mass is 569 g/mol. The van der Waals surface area contributed by atoms with E-state index >= 15 is 0 Å². The number of carbonyl (C=O) groups excluding carboxylic acids is 2. The number of likely N-dealkylation sites (tertiary alicyclic amines) is 1. The maximum atomic E-state index is 12.8. The summed E-state index contributed by atoms with van der Waals surface area (Å²) >= 11 is 0. The summed E-state index contributed by atoms with van der Waals surface area (Å²) in [5.74, 6) is 5.34. The summed E-state index contributed by atoms with van der Waals surface area (Å²) in [4.78, 5) is 24.5. The molecule has 4 atom stereocenters. The molecule has 1 aliphatic heterocycles. The number of alkyl halides is 3. The molecule has 3 fully saturated rings. The largest absolute Gasteiger partial charge is 0.427 e. The highest BCUT2D eigenvalue weighted by atomic mass is 19.4. The number of rotatable bonds is 5. The molecule has 2 aliphatic carbocycles. The van der Waals surface area contributed by atoms with Gasteiger partial charge in [0.2, 0.25) is 0 Å². The Bertz CT molecular complexity index is 1380. The Morgan fingerprint density at radius 2 is 1.85 bits per heavy atom. The first-order valence-corrected chi connectivity index (χ1v) is 14.1. The molecule has 2 saturated carbocycles. The molecule has 1 amide bonds. The van der Waals surface area contributed by atoms with Crippen molar-refractivity contribution in [3.63, 3.8) is 0 Å². The Balaban J connectivity index is 1.37. The van der Waals surface area contributed by atoms with Crippen LogP contribution in [0.15, 0.2) is 48.5 Å². The lowest BCUT2D eigenvalue weighted by Gasteiger charge is -2.59. The lowest BCUT2D eigenvalue weighted by atomic mass is 9.55. The number of halogens is 3. The van der Waals surface area contributed by atoms with Crippen molar-refractivity contribution >= 4 is 11.9 Å². The van der Waals surface area contributed by atoms with Crippen LogP contribution >= 0.6 is 0 Å². The Kier molecular flexibility index (Phi) is 7.68. The van der Waals surface area contributed by atoms with Gasteiger partial charge in [-0.3, -0.25) is 9.59 Å². The molecule has 2 N–H and O–H groups in total. The molecule has 0 bridgehead atoms. The number of amides is 1. The average molecular weight is 570 g/mol. The van der Waals surface area contributed by atoms with E-state index in [0.29, 0.717) is 49.5 Å². The van der Waals surface area contributed by atoms with Gasteiger partial charge in [-0.25, -0.2) is 0 Å². The van der Waals surface area contributed by atoms with Gasteiger partial charge in [0.05, 0.1) is 25.7 Å². The van der Waals surface area contributed by atoms with Gasteiger partial charge in [0.15, 0.2) is 0 Å². The number of carbonyl (C=O) groups is 2. The minimum atomic E-state index is -4.44. The molecular formula is C32H36F3N2O4+. The van der Waals surface area contributed by atoms with E-state index in [1.807, 2.05) is 18.2 Å². The highest BCUT2D eigenvalue weighted by Crippen LogP contribution is 2.53. The molecule has 2 aromatic carbocycles. The number of hydrogen-bond acceptors (Lipinski definition) is 4. The molecule has 1 saturated heterocycles. The van der Waals surface area contributed by atoms with E-state index in [-0.39, 0.29) is 6.04 Å². The summed E-state index contributed by atoms with van der Waals surface area (Å²) in [5.41, 5.74) is -1.26. The van der Waals surface area contributed by atoms with Crippen LogP contribution in [0.2, 0.25) is 0 Å². The third-order valence-electron chi connectivity index (χ3n) is 9.03. The van der Waals surface area contributed by atoms with Gasteiger partial charge >= 0.3 is 12.1 Å². The first kappa shape index (κ1) is 29.2. The van der Waals surface area contributed by atoms with Crippen LogP contribution in [0.3, 0.4) is 0 Å². The standard InChI is InChI=1S/C32H35F3N2O4/c1-22(38)41-28-5-3-4-26(18-28)30-16-17-37(2,20-24-6-7-24)21-31(30,40)15-14-27(19-30)36-29(39)13-10-23-8-11-25(12-9-23)32(33,34)35/h3-5,8-9,11-12,18,24,27,40H,6-7,14-17,19-21H2,1-2H3/p+1/t27-,30+,31?,37-/m1/s1. The smallest absolute Gasteiger partial charge is 0.416 e. The van der Waals surface area contributed by atoms with Gasteiger partial charge in [0, 0.05) is 42.2 Å². The van der Waals surface area contributed by atoms with Gasteiger partial charge < -0.3 is 19.6 Å². The number of nitrogens with one attached hydrogen (secondary N) is 1. The zero-order valence-corrected chi connectivity index (χ0v) is 23.4.